The minimum absolute atomic E-state index is 0.0983. The molecule has 0 aliphatic heterocycles. The van der Waals surface area contributed by atoms with Gasteiger partial charge in [-0.05, 0) is 31.2 Å². The third kappa shape index (κ3) is 4.78. The van der Waals surface area contributed by atoms with Gasteiger partial charge in [0.25, 0.3) is 0 Å². The van der Waals surface area contributed by atoms with Crippen LogP contribution in [0.4, 0.5) is 13.2 Å². The molecule has 1 atom stereocenters. The van der Waals surface area contributed by atoms with Gasteiger partial charge in [-0.1, -0.05) is 0 Å². The molecule has 0 aliphatic rings. The molecule has 0 bridgehead atoms. The van der Waals surface area contributed by atoms with Gasteiger partial charge in [0.15, 0.2) is 0 Å². The number of pyridine rings is 1. The molecule has 3 nitrogen and oxygen atoms in total. The third-order valence-corrected chi connectivity index (χ3v) is 3.78. The molecule has 21 heavy (non-hydrogen) atoms. The molecular formula is C14H15F3N2OS. The Morgan fingerprint density at radius 1 is 1.33 bits per heavy atom. The SMILES string of the molecule is CC(NCCSc1ccc(C(F)(F)F)cn1)c1ccco1. The molecular weight excluding hydrogens is 301 g/mol. The maximum atomic E-state index is 12.4. The van der Waals surface area contributed by atoms with Crippen molar-refractivity contribution in [3.63, 3.8) is 0 Å². The molecule has 0 aliphatic carbocycles. The van der Waals surface area contributed by atoms with Gasteiger partial charge >= 0.3 is 6.18 Å². The van der Waals surface area contributed by atoms with Gasteiger partial charge in [-0.3, -0.25) is 0 Å². The molecule has 1 N–H and O–H groups in total. The van der Waals surface area contributed by atoms with E-state index in [1.54, 1.807) is 6.26 Å². The van der Waals surface area contributed by atoms with Crippen LogP contribution in [-0.2, 0) is 6.18 Å². The zero-order chi connectivity index (χ0) is 15.3. The number of furan rings is 1. The Morgan fingerprint density at radius 2 is 2.14 bits per heavy atom. The van der Waals surface area contributed by atoms with E-state index in [2.05, 4.69) is 10.3 Å². The van der Waals surface area contributed by atoms with Crippen LogP contribution in [0.2, 0.25) is 0 Å². The Morgan fingerprint density at radius 3 is 2.71 bits per heavy atom. The zero-order valence-corrected chi connectivity index (χ0v) is 12.2. The van der Waals surface area contributed by atoms with E-state index in [9.17, 15) is 13.2 Å². The number of halogens is 3. The van der Waals surface area contributed by atoms with Crippen molar-refractivity contribution < 1.29 is 17.6 Å². The lowest BCUT2D eigenvalue weighted by molar-refractivity contribution is -0.137. The van der Waals surface area contributed by atoms with E-state index in [1.807, 2.05) is 19.1 Å². The first kappa shape index (κ1) is 15.9. The maximum Gasteiger partial charge on any atom is 0.417 e. The molecule has 0 radical (unpaired) electrons. The molecule has 1 unspecified atom stereocenters. The molecule has 7 heteroatoms. The highest BCUT2D eigenvalue weighted by Gasteiger charge is 2.30. The normalized spacial score (nSPS) is 13.3. The summed E-state index contributed by atoms with van der Waals surface area (Å²) in [6, 6.07) is 6.26. The smallest absolute Gasteiger partial charge is 0.417 e. The van der Waals surface area contributed by atoms with E-state index < -0.39 is 11.7 Å². The van der Waals surface area contributed by atoms with Crippen molar-refractivity contribution in [1.82, 2.24) is 10.3 Å². The Bertz CT molecular complexity index is 540. The summed E-state index contributed by atoms with van der Waals surface area (Å²) in [6.07, 6.45) is -1.86. The molecule has 0 saturated carbocycles. The molecule has 0 saturated heterocycles. The lowest BCUT2D eigenvalue weighted by Crippen LogP contribution is -2.20. The molecule has 2 rings (SSSR count). The first-order valence-electron chi connectivity index (χ1n) is 6.39. The summed E-state index contributed by atoms with van der Waals surface area (Å²) in [4.78, 5) is 3.81. The fourth-order valence-corrected chi connectivity index (χ4v) is 2.42. The number of thioether (sulfide) groups is 1. The van der Waals surface area contributed by atoms with Gasteiger partial charge in [0.1, 0.15) is 5.76 Å². The molecule has 0 amide bonds. The molecule has 2 aromatic rings. The fourth-order valence-electron chi connectivity index (χ4n) is 1.70. The first-order valence-corrected chi connectivity index (χ1v) is 7.38. The topological polar surface area (TPSA) is 38.1 Å². The highest BCUT2D eigenvalue weighted by molar-refractivity contribution is 7.99. The van der Waals surface area contributed by atoms with Crippen molar-refractivity contribution in [1.29, 1.82) is 0 Å². The lowest BCUT2D eigenvalue weighted by atomic mass is 10.2. The lowest BCUT2D eigenvalue weighted by Gasteiger charge is -2.11. The molecule has 2 aromatic heterocycles. The number of hydrogen-bond donors (Lipinski definition) is 1. The van der Waals surface area contributed by atoms with E-state index in [0.717, 1.165) is 18.0 Å². The summed E-state index contributed by atoms with van der Waals surface area (Å²) in [5, 5.41) is 3.85. The van der Waals surface area contributed by atoms with Crippen LogP contribution in [-0.4, -0.2) is 17.3 Å². The second-order valence-electron chi connectivity index (χ2n) is 4.42. The van der Waals surface area contributed by atoms with Crippen molar-refractivity contribution in [2.24, 2.45) is 0 Å². The predicted molar refractivity (Wildman–Crippen MR) is 75.1 cm³/mol. The van der Waals surface area contributed by atoms with E-state index in [4.69, 9.17) is 4.42 Å². The van der Waals surface area contributed by atoms with E-state index in [1.165, 1.54) is 17.8 Å². The monoisotopic (exact) mass is 316 g/mol. The van der Waals surface area contributed by atoms with Crippen LogP contribution >= 0.6 is 11.8 Å². The minimum Gasteiger partial charge on any atom is -0.468 e. The van der Waals surface area contributed by atoms with Gasteiger partial charge < -0.3 is 9.73 Å². The van der Waals surface area contributed by atoms with E-state index in [-0.39, 0.29) is 6.04 Å². The summed E-state index contributed by atoms with van der Waals surface area (Å²) in [5.74, 6) is 1.57. The summed E-state index contributed by atoms with van der Waals surface area (Å²) < 4.78 is 42.4. The first-order chi connectivity index (χ1) is 9.97. The van der Waals surface area contributed by atoms with Crippen molar-refractivity contribution in [2.75, 3.05) is 12.3 Å². The molecule has 0 aromatic carbocycles. The van der Waals surface area contributed by atoms with Crippen LogP contribution in [0.3, 0.4) is 0 Å². The third-order valence-electron chi connectivity index (χ3n) is 2.84. The number of hydrogen-bond acceptors (Lipinski definition) is 4. The van der Waals surface area contributed by atoms with Crippen molar-refractivity contribution in [3.8, 4) is 0 Å². The standard InChI is InChI=1S/C14H15F3N2OS/c1-10(12-3-2-7-20-12)18-6-8-21-13-5-4-11(9-19-13)14(15,16)17/h2-5,7,9-10,18H,6,8H2,1H3. The van der Waals surface area contributed by atoms with Crippen LogP contribution < -0.4 is 5.32 Å². The van der Waals surface area contributed by atoms with Gasteiger partial charge in [0, 0.05) is 18.5 Å². The Hall–Kier alpha value is -1.47. The largest absolute Gasteiger partial charge is 0.468 e. The minimum atomic E-state index is -4.34. The zero-order valence-electron chi connectivity index (χ0n) is 11.4. The van der Waals surface area contributed by atoms with Gasteiger partial charge in [-0.15, -0.1) is 11.8 Å². The van der Waals surface area contributed by atoms with E-state index in [0.29, 0.717) is 17.3 Å². The highest BCUT2D eigenvalue weighted by atomic mass is 32.2. The van der Waals surface area contributed by atoms with Crippen LogP contribution in [0, 0.1) is 0 Å². The van der Waals surface area contributed by atoms with Gasteiger partial charge in [0.2, 0.25) is 0 Å². The summed E-state index contributed by atoms with van der Waals surface area (Å²) in [7, 11) is 0. The summed E-state index contributed by atoms with van der Waals surface area (Å²) in [5.41, 5.74) is -0.726. The van der Waals surface area contributed by atoms with Crippen LogP contribution in [0.15, 0.2) is 46.2 Å². The van der Waals surface area contributed by atoms with Crippen molar-refractivity contribution in [3.05, 3.63) is 48.0 Å². The quantitative estimate of drug-likeness (QED) is 0.642. The molecule has 2 heterocycles. The Balaban J connectivity index is 1.74. The maximum absolute atomic E-state index is 12.4. The number of alkyl halides is 3. The van der Waals surface area contributed by atoms with Crippen LogP contribution in [0.1, 0.15) is 24.3 Å². The van der Waals surface area contributed by atoms with Crippen LogP contribution in [0.5, 0.6) is 0 Å². The van der Waals surface area contributed by atoms with Gasteiger partial charge in [-0.2, -0.15) is 13.2 Å². The summed E-state index contributed by atoms with van der Waals surface area (Å²) in [6.45, 7) is 2.69. The molecule has 0 spiro atoms. The number of nitrogens with zero attached hydrogens (tertiary/aromatic N) is 1. The highest BCUT2D eigenvalue weighted by Crippen LogP contribution is 2.29. The average molecular weight is 316 g/mol. The number of nitrogens with one attached hydrogen (secondary N) is 1. The summed E-state index contributed by atoms with van der Waals surface area (Å²) >= 11 is 1.41. The molecule has 0 fully saturated rings. The van der Waals surface area contributed by atoms with Crippen molar-refractivity contribution >= 4 is 11.8 Å². The van der Waals surface area contributed by atoms with Crippen LogP contribution in [0.25, 0.3) is 0 Å². The Kier molecular flexibility index (Phi) is 5.30. The molecule has 114 valence electrons. The van der Waals surface area contributed by atoms with E-state index >= 15 is 0 Å². The number of aromatic nitrogens is 1. The van der Waals surface area contributed by atoms with Gasteiger partial charge in [0.05, 0.1) is 22.9 Å². The Labute approximate surface area is 124 Å². The second-order valence-corrected chi connectivity index (χ2v) is 5.54. The average Bonchev–Trinajstić information content (AvgIpc) is 2.97. The predicted octanol–water partition coefficient (Wildman–Crippen LogP) is 4.14. The second kappa shape index (κ2) is 7.00. The fraction of sp³-hybridized carbons (Fsp3) is 0.357. The van der Waals surface area contributed by atoms with Crippen molar-refractivity contribution in [2.45, 2.75) is 24.2 Å². The number of rotatable bonds is 6. The van der Waals surface area contributed by atoms with Gasteiger partial charge in [-0.25, -0.2) is 4.98 Å².